The minimum Gasteiger partial charge on any atom is -0.497 e. The Morgan fingerprint density at radius 3 is 2.55 bits per heavy atom. The standard InChI is InChI=1S/C22H22ClN3O4S/c1-14-10-18(29-3)11-15(2)21(14)31(27,28)26-17(12-16-6-4-5-7-19(16)26)13-30-20-8-9-24-22(23)25-20/h4-11,17H,12-13H2,1-3H3/t17-/m0/s1. The maximum atomic E-state index is 13.9. The molecule has 0 saturated heterocycles. The fourth-order valence-electron chi connectivity index (χ4n) is 4.00. The molecule has 1 aliphatic heterocycles. The number of hydrogen-bond donors (Lipinski definition) is 0. The number of anilines is 1. The van der Waals surface area contributed by atoms with E-state index in [2.05, 4.69) is 9.97 Å². The van der Waals surface area contributed by atoms with Gasteiger partial charge in [-0.1, -0.05) is 18.2 Å². The Bertz CT molecular complexity index is 1210. The van der Waals surface area contributed by atoms with Gasteiger partial charge in [0.1, 0.15) is 12.4 Å². The first-order valence-electron chi connectivity index (χ1n) is 9.70. The summed E-state index contributed by atoms with van der Waals surface area (Å²) >= 11 is 5.84. The van der Waals surface area contributed by atoms with E-state index in [0.29, 0.717) is 34.9 Å². The van der Waals surface area contributed by atoms with Crippen LogP contribution in [-0.2, 0) is 16.4 Å². The average molecular weight is 460 g/mol. The molecule has 2 heterocycles. The zero-order valence-electron chi connectivity index (χ0n) is 17.4. The van der Waals surface area contributed by atoms with Gasteiger partial charge in [0.05, 0.1) is 23.7 Å². The lowest BCUT2D eigenvalue weighted by Crippen LogP contribution is -2.42. The largest absolute Gasteiger partial charge is 0.497 e. The smallest absolute Gasteiger partial charge is 0.265 e. The van der Waals surface area contributed by atoms with Gasteiger partial charge >= 0.3 is 0 Å². The Kier molecular flexibility index (Phi) is 5.77. The van der Waals surface area contributed by atoms with Crippen LogP contribution in [0.4, 0.5) is 5.69 Å². The van der Waals surface area contributed by atoms with Crippen LogP contribution < -0.4 is 13.8 Å². The molecule has 0 bridgehead atoms. The van der Waals surface area contributed by atoms with E-state index in [1.54, 1.807) is 39.2 Å². The number of aryl methyl sites for hydroxylation is 2. The van der Waals surface area contributed by atoms with Crippen molar-refractivity contribution in [2.45, 2.75) is 31.2 Å². The van der Waals surface area contributed by atoms with Gasteiger partial charge in [0.2, 0.25) is 11.2 Å². The van der Waals surface area contributed by atoms with Crippen molar-refractivity contribution < 1.29 is 17.9 Å². The SMILES string of the molecule is COc1cc(C)c(S(=O)(=O)N2c3ccccc3C[C@H]2COc2ccnc(Cl)n2)c(C)c1. The molecule has 2 aromatic carbocycles. The third-order valence-corrected chi connectivity index (χ3v) is 7.58. The quantitative estimate of drug-likeness (QED) is 0.519. The second-order valence-corrected chi connectivity index (χ2v) is 9.44. The number of nitrogens with zero attached hydrogens (tertiary/aromatic N) is 3. The Labute approximate surface area is 186 Å². The Balaban J connectivity index is 1.73. The van der Waals surface area contributed by atoms with Crippen molar-refractivity contribution in [3.8, 4) is 11.6 Å². The van der Waals surface area contributed by atoms with E-state index in [1.807, 2.05) is 24.3 Å². The van der Waals surface area contributed by atoms with E-state index >= 15 is 0 Å². The fourth-order valence-corrected chi connectivity index (χ4v) is 6.23. The monoisotopic (exact) mass is 459 g/mol. The second kappa shape index (κ2) is 8.36. The Morgan fingerprint density at radius 1 is 1.16 bits per heavy atom. The molecule has 0 aliphatic carbocycles. The van der Waals surface area contributed by atoms with Crippen LogP contribution in [0, 0.1) is 13.8 Å². The predicted octanol–water partition coefficient (Wildman–Crippen LogP) is 3.95. The minimum absolute atomic E-state index is 0.0705. The molecule has 0 saturated carbocycles. The summed E-state index contributed by atoms with van der Waals surface area (Å²) in [5, 5.41) is 0.0705. The van der Waals surface area contributed by atoms with Crippen LogP contribution in [0.2, 0.25) is 5.28 Å². The number of para-hydroxylation sites is 1. The summed E-state index contributed by atoms with van der Waals surface area (Å²) in [6, 6.07) is 12.1. The van der Waals surface area contributed by atoms with Gasteiger partial charge in [-0.05, 0) is 66.8 Å². The molecule has 162 valence electrons. The van der Waals surface area contributed by atoms with E-state index < -0.39 is 16.1 Å². The number of aromatic nitrogens is 2. The summed E-state index contributed by atoms with van der Waals surface area (Å²) < 4.78 is 40.4. The number of sulfonamides is 1. The molecule has 7 nitrogen and oxygen atoms in total. The van der Waals surface area contributed by atoms with Crippen molar-refractivity contribution in [2.24, 2.45) is 0 Å². The molecule has 0 unspecified atom stereocenters. The maximum Gasteiger partial charge on any atom is 0.265 e. The highest BCUT2D eigenvalue weighted by molar-refractivity contribution is 7.93. The van der Waals surface area contributed by atoms with E-state index in [0.717, 1.165) is 5.56 Å². The minimum atomic E-state index is -3.86. The number of ether oxygens (including phenoxy) is 2. The molecule has 3 aromatic rings. The molecule has 0 radical (unpaired) electrons. The molecule has 0 fully saturated rings. The van der Waals surface area contributed by atoms with Gasteiger partial charge < -0.3 is 9.47 Å². The van der Waals surface area contributed by atoms with Gasteiger partial charge in [-0.3, -0.25) is 4.31 Å². The maximum absolute atomic E-state index is 13.9. The number of rotatable bonds is 6. The summed E-state index contributed by atoms with van der Waals surface area (Å²) in [5.74, 6) is 0.918. The zero-order chi connectivity index (χ0) is 22.2. The molecule has 31 heavy (non-hydrogen) atoms. The highest BCUT2D eigenvalue weighted by Crippen LogP contribution is 2.39. The second-order valence-electron chi connectivity index (χ2n) is 7.35. The van der Waals surface area contributed by atoms with E-state index in [-0.39, 0.29) is 16.8 Å². The van der Waals surface area contributed by atoms with Crippen molar-refractivity contribution >= 4 is 27.3 Å². The summed E-state index contributed by atoms with van der Waals surface area (Å²) in [4.78, 5) is 8.14. The third-order valence-electron chi connectivity index (χ3n) is 5.23. The van der Waals surface area contributed by atoms with Crippen molar-refractivity contribution in [3.05, 3.63) is 70.6 Å². The summed E-state index contributed by atoms with van der Waals surface area (Å²) in [5.41, 5.74) is 2.86. The van der Waals surface area contributed by atoms with Crippen LogP contribution in [0.5, 0.6) is 11.6 Å². The lowest BCUT2D eigenvalue weighted by atomic mass is 10.1. The molecule has 1 atom stereocenters. The number of halogens is 1. The average Bonchev–Trinajstić information content (AvgIpc) is 3.11. The Morgan fingerprint density at radius 2 is 1.87 bits per heavy atom. The lowest BCUT2D eigenvalue weighted by Gasteiger charge is -2.28. The van der Waals surface area contributed by atoms with Gasteiger partial charge in [-0.25, -0.2) is 13.4 Å². The first kappa shape index (κ1) is 21.4. The Hall–Kier alpha value is -2.84. The molecule has 9 heteroatoms. The first-order chi connectivity index (χ1) is 14.8. The molecule has 0 amide bonds. The van der Waals surface area contributed by atoms with Crippen molar-refractivity contribution in [1.29, 1.82) is 0 Å². The van der Waals surface area contributed by atoms with Crippen LogP contribution >= 0.6 is 11.6 Å². The molecule has 1 aliphatic rings. The highest BCUT2D eigenvalue weighted by atomic mass is 35.5. The number of fused-ring (bicyclic) bond motifs is 1. The number of hydrogen-bond acceptors (Lipinski definition) is 6. The number of methoxy groups -OCH3 is 1. The van der Waals surface area contributed by atoms with Crippen molar-refractivity contribution in [2.75, 3.05) is 18.0 Å². The first-order valence-corrected chi connectivity index (χ1v) is 11.5. The van der Waals surface area contributed by atoms with Crippen LogP contribution in [0.15, 0.2) is 53.6 Å². The van der Waals surface area contributed by atoms with Gasteiger partial charge in [-0.15, -0.1) is 0 Å². The van der Waals surface area contributed by atoms with Crippen molar-refractivity contribution in [1.82, 2.24) is 9.97 Å². The van der Waals surface area contributed by atoms with Gasteiger partial charge in [0.25, 0.3) is 10.0 Å². The van der Waals surface area contributed by atoms with Crippen LogP contribution in [0.1, 0.15) is 16.7 Å². The summed E-state index contributed by atoms with van der Waals surface area (Å²) in [7, 11) is -2.30. The zero-order valence-corrected chi connectivity index (χ0v) is 18.9. The third kappa shape index (κ3) is 4.05. The molecular weight excluding hydrogens is 438 g/mol. The molecule has 1 aromatic heterocycles. The summed E-state index contributed by atoms with van der Waals surface area (Å²) in [6.45, 7) is 3.67. The summed E-state index contributed by atoms with van der Waals surface area (Å²) in [6.07, 6.45) is 2.02. The van der Waals surface area contributed by atoms with E-state index in [1.165, 1.54) is 10.5 Å². The number of benzene rings is 2. The van der Waals surface area contributed by atoms with E-state index in [4.69, 9.17) is 21.1 Å². The van der Waals surface area contributed by atoms with E-state index in [9.17, 15) is 8.42 Å². The van der Waals surface area contributed by atoms with Gasteiger partial charge in [0, 0.05) is 12.3 Å². The molecule has 4 rings (SSSR count). The van der Waals surface area contributed by atoms with Gasteiger partial charge in [-0.2, -0.15) is 4.98 Å². The van der Waals surface area contributed by atoms with Gasteiger partial charge in [0.15, 0.2) is 0 Å². The lowest BCUT2D eigenvalue weighted by molar-refractivity contribution is 0.281. The predicted molar refractivity (Wildman–Crippen MR) is 119 cm³/mol. The van der Waals surface area contributed by atoms with Crippen LogP contribution in [0.25, 0.3) is 0 Å². The molecule has 0 spiro atoms. The van der Waals surface area contributed by atoms with Crippen LogP contribution in [-0.4, -0.2) is 38.1 Å². The van der Waals surface area contributed by atoms with Crippen LogP contribution in [0.3, 0.4) is 0 Å². The normalized spacial score (nSPS) is 15.6. The molecule has 0 N–H and O–H groups in total. The van der Waals surface area contributed by atoms with Crippen molar-refractivity contribution in [3.63, 3.8) is 0 Å². The fraction of sp³-hybridized carbons (Fsp3) is 0.273. The molecular formula is C22H22ClN3O4S. The topological polar surface area (TPSA) is 81.6 Å². The highest BCUT2D eigenvalue weighted by Gasteiger charge is 2.40.